The molecule has 3 rings (SSSR count). The molecule has 0 aliphatic heterocycles. The first kappa shape index (κ1) is 17.2. The Hall–Kier alpha value is -3.61. The van der Waals surface area contributed by atoms with Crippen LogP contribution in [0.4, 0.5) is 17.1 Å². The summed E-state index contributed by atoms with van der Waals surface area (Å²) >= 11 is 0. The average molecular weight is 349 g/mol. The van der Waals surface area contributed by atoms with Gasteiger partial charge in [-0.2, -0.15) is 10.2 Å². The first-order valence-corrected chi connectivity index (χ1v) is 7.80. The van der Waals surface area contributed by atoms with Gasteiger partial charge in [0.05, 0.1) is 11.4 Å². The van der Waals surface area contributed by atoms with Gasteiger partial charge < -0.3 is 9.73 Å². The molecule has 0 fully saturated rings. The zero-order chi connectivity index (χ0) is 18.7. The first-order chi connectivity index (χ1) is 12.4. The molecule has 7 heteroatoms. The number of rotatable bonds is 4. The van der Waals surface area contributed by atoms with Crippen molar-refractivity contribution in [2.75, 3.05) is 5.32 Å². The molecule has 130 valence electrons. The third-order valence-electron chi connectivity index (χ3n) is 3.58. The molecule has 0 saturated heterocycles. The van der Waals surface area contributed by atoms with E-state index in [0.717, 1.165) is 0 Å². The normalized spacial score (nSPS) is 11.0. The van der Waals surface area contributed by atoms with E-state index >= 15 is 0 Å². The van der Waals surface area contributed by atoms with E-state index in [1.807, 2.05) is 0 Å². The van der Waals surface area contributed by atoms with E-state index in [0.29, 0.717) is 27.9 Å². The lowest BCUT2D eigenvalue weighted by atomic mass is 10.1. The summed E-state index contributed by atoms with van der Waals surface area (Å²) in [5.41, 5.74) is 1.60. The van der Waals surface area contributed by atoms with Gasteiger partial charge in [0.1, 0.15) is 11.3 Å². The number of carbonyl (C=O) groups is 2. The predicted octanol–water partition coefficient (Wildman–Crippen LogP) is 4.37. The molecule has 1 aromatic heterocycles. The van der Waals surface area contributed by atoms with Crippen LogP contribution < -0.4 is 10.9 Å². The number of nitrogens with one attached hydrogen (secondary N) is 1. The Morgan fingerprint density at radius 2 is 1.58 bits per heavy atom. The molecule has 3 aromatic rings. The molecule has 7 nitrogen and oxygen atoms in total. The van der Waals surface area contributed by atoms with E-state index in [1.165, 1.54) is 19.9 Å². The van der Waals surface area contributed by atoms with Crippen molar-refractivity contribution in [2.45, 2.75) is 13.8 Å². The Balaban J connectivity index is 1.90. The maximum atomic E-state index is 11.8. The quantitative estimate of drug-likeness (QED) is 0.429. The molecule has 2 aromatic carbocycles. The number of hydrogen-bond acceptors (Lipinski definition) is 6. The molecule has 1 amide bonds. The summed E-state index contributed by atoms with van der Waals surface area (Å²) in [6, 6.07) is 13.3. The van der Waals surface area contributed by atoms with Crippen molar-refractivity contribution in [3.63, 3.8) is 0 Å². The summed E-state index contributed by atoms with van der Waals surface area (Å²) in [6.07, 6.45) is 0. The Morgan fingerprint density at radius 3 is 2.23 bits per heavy atom. The van der Waals surface area contributed by atoms with Gasteiger partial charge in [-0.25, -0.2) is 4.79 Å². The van der Waals surface area contributed by atoms with Gasteiger partial charge in [0.25, 0.3) is 0 Å². The van der Waals surface area contributed by atoms with Crippen LogP contribution in [0, 0.1) is 0 Å². The number of anilines is 1. The number of ketones is 1. The third kappa shape index (κ3) is 3.89. The van der Waals surface area contributed by atoms with E-state index in [1.54, 1.807) is 42.5 Å². The van der Waals surface area contributed by atoms with Crippen molar-refractivity contribution < 1.29 is 14.0 Å². The monoisotopic (exact) mass is 349 g/mol. The van der Waals surface area contributed by atoms with Gasteiger partial charge >= 0.3 is 5.63 Å². The molecule has 0 unspecified atom stereocenters. The van der Waals surface area contributed by atoms with E-state index < -0.39 is 5.63 Å². The second-order valence-electron chi connectivity index (χ2n) is 5.65. The highest BCUT2D eigenvalue weighted by Gasteiger charge is 2.07. The molecule has 0 saturated carbocycles. The first-order valence-electron chi connectivity index (χ1n) is 7.80. The largest absolute Gasteiger partial charge is 0.421 e. The van der Waals surface area contributed by atoms with Gasteiger partial charge in [-0.05, 0) is 55.5 Å². The van der Waals surface area contributed by atoms with Gasteiger partial charge in [0.2, 0.25) is 5.91 Å². The minimum absolute atomic E-state index is 0.0144. The van der Waals surface area contributed by atoms with Crippen LogP contribution in [0.5, 0.6) is 0 Å². The fourth-order valence-corrected chi connectivity index (χ4v) is 2.33. The smallest absolute Gasteiger partial charge is 0.360 e. The van der Waals surface area contributed by atoms with Crippen LogP contribution in [-0.4, -0.2) is 11.7 Å². The van der Waals surface area contributed by atoms with Crippen LogP contribution in [0.2, 0.25) is 0 Å². The van der Waals surface area contributed by atoms with Crippen LogP contribution in [0.25, 0.3) is 11.0 Å². The standard InChI is InChI=1S/C19H15N3O4/c1-11(23)13-3-5-15(6-4-13)21-22-16-7-8-18-14(9-16)10-17(19(25)26-18)20-12(2)24/h3-10H,1-2H3,(H,20,24). The maximum absolute atomic E-state index is 11.8. The van der Waals surface area contributed by atoms with Crippen molar-refractivity contribution in [3.8, 4) is 0 Å². The molecule has 0 aliphatic rings. The highest BCUT2D eigenvalue weighted by atomic mass is 16.4. The second kappa shape index (κ2) is 7.10. The van der Waals surface area contributed by atoms with Gasteiger partial charge in [-0.3, -0.25) is 9.59 Å². The Bertz CT molecular complexity index is 1080. The minimum Gasteiger partial charge on any atom is -0.421 e. The topological polar surface area (TPSA) is 101 Å². The predicted molar refractivity (Wildman–Crippen MR) is 97.4 cm³/mol. The second-order valence-corrected chi connectivity index (χ2v) is 5.65. The molecule has 0 spiro atoms. The molecule has 0 radical (unpaired) electrons. The summed E-state index contributed by atoms with van der Waals surface area (Å²) in [4.78, 5) is 34.2. The van der Waals surface area contributed by atoms with Gasteiger partial charge in [-0.1, -0.05) is 0 Å². The number of nitrogens with zero attached hydrogens (tertiary/aromatic N) is 2. The Kier molecular flexibility index (Phi) is 4.70. The number of Topliss-reactive ketones (excluding diaryl/α,β-unsaturated/α-hetero) is 1. The molecule has 1 heterocycles. The summed E-state index contributed by atoms with van der Waals surface area (Å²) in [6.45, 7) is 2.81. The molecule has 26 heavy (non-hydrogen) atoms. The summed E-state index contributed by atoms with van der Waals surface area (Å²) in [5, 5.41) is 11.3. The number of benzene rings is 2. The zero-order valence-electron chi connectivity index (χ0n) is 14.1. The number of hydrogen-bond donors (Lipinski definition) is 1. The fraction of sp³-hybridized carbons (Fsp3) is 0.105. The lowest BCUT2D eigenvalue weighted by molar-refractivity contribution is -0.114. The maximum Gasteiger partial charge on any atom is 0.360 e. The number of fused-ring (bicyclic) bond motifs is 1. The van der Waals surface area contributed by atoms with Gasteiger partial charge in [-0.15, -0.1) is 0 Å². The van der Waals surface area contributed by atoms with Crippen LogP contribution in [0.3, 0.4) is 0 Å². The van der Waals surface area contributed by atoms with E-state index in [-0.39, 0.29) is 17.4 Å². The van der Waals surface area contributed by atoms with Crippen molar-refractivity contribution >= 4 is 39.7 Å². The van der Waals surface area contributed by atoms with Crippen molar-refractivity contribution in [3.05, 3.63) is 64.5 Å². The van der Waals surface area contributed by atoms with E-state index in [4.69, 9.17) is 4.42 Å². The van der Waals surface area contributed by atoms with Crippen LogP contribution in [0.1, 0.15) is 24.2 Å². The van der Waals surface area contributed by atoms with Gasteiger partial charge in [0, 0.05) is 17.9 Å². The summed E-state index contributed by atoms with van der Waals surface area (Å²) in [7, 11) is 0. The highest BCUT2D eigenvalue weighted by molar-refractivity contribution is 5.94. The number of azo groups is 1. The number of amides is 1. The highest BCUT2D eigenvalue weighted by Crippen LogP contribution is 2.24. The lowest BCUT2D eigenvalue weighted by Gasteiger charge is -2.03. The minimum atomic E-state index is -0.618. The molecule has 1 N–H and O–H groups in total. The Morgan fingerprint density at radius 1 is 0.923 bits per heavy atom. The van der Waals surface area contributed by atoms with Gasteiger partial charge in [0.15, 0.2) is 5.78 Å². The van der Waals surface area contributed by atoms with Crippen LogP contribution >= 0.6 is 0 Å². The third-order valence-corrected chi connectivity index (χ3v) is 3.58. The lowest BCUT2D eigenvalue weighted by Crippen LogP contribution is -2.14. The van der Waals surface area contributed by atoms with Crippen molar-refractivity contribution in [1.82, 2.24) is 0 Å². The molecule has 0 atom stereocenters. The van der Waals surface area contributed by atoms with Crippen LogP contribution in [0.15, 0.2) is 68.0 Å². The summed E-state index contributed by atoms with van der Waals surface area (Å²) in [5.74, 6) is -0.374. The Labute approximate surface area is 148 Å². The SMILES string of the molecule is CC(=O)Nc1cc2cc(N=Nc3ccc(C(C)=O)cc3)ccc2oc1=O. The van der Waals surface area contributed by atoms with Crippen molar-refractivity contribution in [2.24, 2.45) is 10.2 Å². The van der Waals surface area contributed by atoms with E-state index in [2.05, 4.69) is 15.5 Å². The molecular weight excluding hydrogens is 334 g/mol. The van der Waals surface area contributed by atoms with Crippen LogP contribution in [-0.2, 0) is 4.79 Å². The molecule has 0 aliphatic carbocycles. The van der Waals surface area contributed by atoms with E-state index in [9.17, 15) is 14.4 Å². The molecule has 0 bridgehead atoms. The average Bonchev–Trinajstić information content (AvgIpc) is 2.60. The summed E-state index contributed by atoms with van der Waals surface area (Å²) < 4.78 is 5.17. The zero-order valence-corrected chi connectivity index (χ0v) is 14.1. The van der Waals surface area contributed by atoms with Crippen molar-refractivity contribution in [1.29, 1.82) is 0 Å². The fourth-order valence-electron chi connectivity index (χ4n) is 2.33. The molecular formula is C19H15N3O4. The number of carbonyl (C=O) groups excluding carboxylic acids is 2.